The van der Waals surface area contributed by atoms with Gasteiger partial charge in [-0.05, 0) is 49.2 Å². The lowest BCUT2D eigenvalue weighted by molar-refractivity contribution is -0.149. The van der Waals surface area contributed by atoms with Gasteiger partial charge in [0, 0.05) is 19.0 Å². The topological polar surface area (TPSA) is 99.2 Å². The minimum Gasteiger partial charge on any atom is -0.480 e. The van der Waals surface area contributed by atoms with Gasteiger partial charge in [-0.1, -0.05) is 48.5 Å². The number of benzene rings is 2. The lowest BCUT2D eigenvalue weighted by atomic mass is 9.98. The number of alkyl carbamates (subject to hydrolysis) is 1. The molecule has 1 heterocycles. The molecule has 1 unspecified atom stereocenters. The van der Waals surface area contributed by atoms with Crippen molar-refractivity contribution in [3.05, 3.63) is 59.7 Å². The van der Waals surface area contributed by atoms with Crippen LogP contribution in [-0.2, 0) is 14.3 Å². The van der Waals surface area contributed by atoms with Gasteiger partial charge in [-0.25, -0.2) is 9.59 Å². The molecule has 2 aromatic rings. The minimum absolute atomic E-state index is 0.0823. The molecule has 0 saturated carbocycles. The molecule has 1 saturated heterocycles. The van der Waals surface area contributed by atoms with Gasteiger partial charge < -0.3 is 25.0 Å². The number of nitrogens with zero attached hydrogens (tertiary/aromatic N) is 2. The second-order valence-electron chi connectivity index (χ2n) is 8.81. The highest BCUT2D eigenvalue weighted by Gasteiger charge is 2.38. The second kappa shape index (κ2) is 9.62. The largest absolute Gasteiger partial charge is 0.480 e. The van der Waals surface area contributed by atoms with Crippen LogP contribution < -0.4 is 5.32 Å². The number of fused-ring (bicyclic) bond motifs is 3. The van der Waals surface area contributed by atoms with E-state index in [1.807, 2.05) is 36.4 Å². The molecule has 33 heavy (non-hydrogen) atoms. The van der Waals surface area contributed by atoms with Crippen LogP contribution in [0.3, 0.4) is 0 Å². The molecule has 174 valence electrons. The highest BCUT2D eigenvalue weighted by molar-refractivity contribution is 5.90. The van der Waals surface area contributed by atoms with Crippen molar-refractivity contribution in [2.45, 2.75) is 30.8 Å². The van der Waals surface area contributed by atoms with Crippen LogP contribution in [0.4, 0.5) is 4.79 Å². The van der Waals surface area contributed by atoms with E-state index in [1.54, 1.807) is 19.0 Å². The first-order chi connectivity index (χ1) is 15.9. The van der Waals surface area contributed by atoms with Gasteiger partial charge in [0.25, 0.3) is 0 Å². The van der Waals surface area contributed by atoms with Gasteiger partial charge >= 0.3 is 12.1 Å². The van der Waals surface area contributed by atoms with Gasteiger partial charge in [0.15, 0.2) is 0 Å². The summed E-state index contributed by atoms with van der Waals surface area (Å²) in [5, 5.41) is 12.1. The van der Waals surface area contributed by atoms with Crippen molar-refractivity contribution >= 4 is 18.0 Å². The fourth-order valence-electron chi connectivity index (χ4n) is 4.82. The normalized spacial score (nSPS) is 18.0. The summed E-state index contributed by atoms with van der Waals surface area (Å²) in [6.45, 7) is 0.752. The maximum absolute atomic E-state index is 13.1. The van der Waals surface area contributed by atoms with Crippen molar-refractivity contribution in [1.82, 2.24) is 15.1 Å². The number of carbonyl (C=O) groups excluding carboxylic acids is 2. The molecule has 1 aliphatic carbocycles. The van der Waals surface area contributed by atoms with E-state index in [9.17, 15) is 19.5 Å². The Morgan fingerprint density at radius 2 is 1.70 bits per heavy atom. The second-order valence-corrected chi connectivity index (χ2v) is 8.81. The summed E-state index contributed by atoms with van der Waals surface area (Å²) in [4.78, 5) is 40.4. The lowest BCUT2D eigenvalue weighted by Gasteiger charge is -2.28. The fraction of sp³-hybridized carbons (Fsp3) is 0.400. The summed E-state index contributed by atoms with van der Waals surface area (Å²) in [5.74, 6) is -1.51. The average molecular weight is 452 g/mol. The van der Waals surface area contributed by atoms with E-state index in [0.29, 0.717) is 19.4 Å². The number of carboxylic acids is 1. The zero-order chi connectivity index (χ0) is 23.5. The monoisotopic (exact) mass is 451 g/mol. The van der Waals surface area contributed by atoms with Gasteiger partial charge in [-0.3, -0.25) is 4.79 Å². The summed E-state index contributed by atoms with van der Waals surface area (Å²) in [6.07, 6.45) is 0.353. The molecule has 2 atom stereocenters. The molecule has 2 amide bonds. The van der Waals surface area contributed by atoms with Crippen LogP contribution in [0.5, 0.6) is 0 Å². The molecular formula is C25H29N3O5. The predicted molar refractivity (Wildman–Crippen MR) is 123 cm³/mol. The fourth-order valence-corrected chi connectivity index (χ4v) is 4.82. The molecule has 2 aromatic carbocycles. The van der Waals surface area contributed by atoms with Crippen LogP contribution in [0.2, 0.25) is 0 Å². The Kier molecular flexibility index (Phi) is 6.65. The highest BCUT2D eigenvalue weighted by atomic mass is 16.5. The van der Waals surface area contributed by atoms with E-state index in [1.165, 1.54) is 4.90 Å². The number of amides is 2. The number of rotatable bonds is 7. The number of carbonyl (C=O) groups is 3. The number of hydrogen-bond donors (Lipinski definition) is 2. The minimum atomic E-state index is -1.02. The number of hydrogen-bond acceptors (Lipinski definition) is 5. The standard InChI is InChI=1S/C25H29N3O5/c1-27(2)14-21(23(29)28-13-7-12-22(28)24(30)31)26-25(32)33-15-20-18-10-5-3-8-16(18)17-9-4-6-11-19(17)20/h3-6,8-11,20-22H,7,12-15H2,1-2H3,(H,26,32)(H,30,31)/t21?,22-/m0/s1. The van der Waals surface area contributed by atoms with Crippen LogP contribution in [0, 0.1) is 0 Å². The van der Waals surface area contributed by atoms with Gasteiger partial charge in [-0.2, -0.15) is 0 Å². The van der Waals surface area contributed by atoms with E-state index in [4.69, 9.17) is 4.74 Å². The van der Waals surface area contributed by atoms with Crippen molar-refractivity contribution in [1.29, 1.82) is 0 Å². The predicted octanol–water partition coefficient (Wildman–Crippen LogP) is 2.53. The molecule has 0 spiro atoms. The molecule has 1 aliphatic heterocycles. The van der Waals surface area contributed by atoms with Crippen LogP contribution in [-0.4, -0.2) is 78.8 Å². The molecule has 8 nitrogen and oxygen atoms in total. The van der Waals surface area contributed by atoms with Crippen molar-refractivity contribution in [3.63, 3.8) is 0 Å². The molecule has 8 heteroatoms. The Balaban J connectivity index is 1.44. The zero-order valence-electron chi connectivity index (χ0n) is 18.9. The Labute approximate surface area is 193 Å². The van der Waals surface area contributed by atoms with Crippen molar-refractivity contribution in [2.75, 3.05) is 33.8 Å². The first-order valence-electron chi connectivity index (χ1n) is 11.2. The average Bonchev–Trinajstić information content (AvgIpc) is 3.40. The summed E-state index contributed by atoms with van der Waals surface area (Å²) in [6, 6.07) is 14.4. The van der Waals surface area contributed by atoms with Gasteiger partial charge in [0.1, 0.15) is 18.7 Å². The number of aliphatic carboxylic acids is 1. The Bertz CT molecular complexity index is 1010. The molecule has 0 radical (unpaired) electrons. The SMILES string of the molecule is CN(C)CC(NC(=O)OCC1c2ccccc2-c2ccccc21)C(=O)N1CCC[C@H]1C(=O)O. The molecule has 2 N–H and O–H groups in total. The van der Waals surface area contributed by atoms with Crippen molar-refractivity contribution < 1.29 is 24.2 Å². The number of nitrogens with one attached hydrogen (secondary N) is 1. The third-order valence-electron chi connectivity index (χ3n) is 6.30. The maximum atomic E-state index is 13.1. The van der Waals surface area contributed by atoms with Gasteiger partial charge in [-0.15, -0.1) is 0 Å². The smallest absolute Gasteiger partial charge is 0.407 e. The Morgan fingerprint density at radius 3 is 2.27 bits per heavy atom. The highest BCUT2D eigenvalue weighted by Crippen LogP contribution is 2.44. The molecule has 0 aromatic heterocycles. The van der Waals surface area contributed by atoms with Crippen LogP contribution >= 0.6 is 0 Å². The number of likely N-dealkylation sites (tertiary alicyclic amines) is 1. The summed E-state index contributed by atoms with van der Waals surface area (Å²) in [5.41, 5.74) is 4.48. The first kappa shape index (κ1) is 22.8. The zero-order valence-corrected chi connectivity index (χ0v) is 18.9. The summed E-state index contributed by atoms with van der Waals surface area (Å²) in [7, 11) is 3.58. The quantitative estimate of drug-likeness (QED) is 0.671. The van der Waals surface area contributed by atoms with E-state index in [-0.39, 0.29) is 19.1 Å². The third kappa shape index (κ3) is 4.71. The molecule has 2 aliphatic rings. The number of ether oxygens (including phenoxy) is 1. The summed E-state index contributed by atoms with van der Waals surface area (Å²) >= 11 is 0. The number of likely N-dealkylation sites (N-methyl/N-ethyl adjacent to an activating group) is 1. The first-order valence-corrected chi connectivity index (χ1v) is 11.2. The maximum Gasteiger partial charge on any atom is 0.407 e. The van der Waals surface area contributed by atoms with Crippen molar-refractivity contribution in [3.8, 4) is 11.1 Å². The Morgan fingerprint density at radius 1 is 1.09 bits per heavy atom. The van der Waals surface area contributed by atoms with E-state index in [2.05, 4.69) is 17.4 Å². The summed E-state index contributed by atoms with van der Waals surface area (Å²) < 4.78 is 5.58. The van der Waals surface area contributed by atoms with E-state index < -0.39 is 30.1 Å². The molecule has 1 fully saturated rings. The van der Waals surface area contributed by atoms with E-state index in [0.717, 1.165) is 22.3 Å². The van der Waals surface area contributed by atoms with Gasteiger partial charge in [0.05, 0.1) is 0 Å². The number of carboxylic acid groups (broad SMARTS) is 1. The van der Waals surface area contributed by atoms with Crippen LogP contribution in [0.1, 0.15) is 29.9 Å². The molecule has 0 bridgehead atoms. The van der Waals surface area contributed by atoms with Crippen LogP contribution in [0.15, 0.2) is 48.5 Å². The van der Waals surface area contributed by atoms with Crippen molar-refractivity contribution in [2.24, 2.45) is 0 Å². The van der Waals surface area contributed by atoms with E-state index >= 15 is 0 Å². The Hall–Kier alpha value is -3.39. The van der Waals surface area contributed by atoms with Crippen LogP contribution in [0.25, 0.3) is 11.1 Å². The molecule has 4 rings (SSSR count). The lowest BCUT2D eigenvalue weighted by Crippen LogP contribution is -2.55. The van der Waals surface area contributed by atoms with Gasteiger partial charge in [0.2, 0.25) is 5.91 Å². The third-order valence-corrected chi connectivity index (χ3v) is 6.30. The molecular weight excluding hydrogens is 422 g/mol.